The predicted octanol–water partition coefficient (Wildman–Crippen LogP) is 2.99. The van der Waals surface area contributed by atoms with E-state index in [0.717, 1.165) is 37.0 Å². The van der Waals surface area contributed by atoms with Crippen LogP contribution in [0.3, 0.4) is 0 Å². The first kappa shape index (κ1) is 13.6. The van der Waals surface area contributed by atoms with Crippen LogP contribution >= 0.6 is 0 Å². The first-order valence-electron chi connectivity index (χ1n) is 6.10. The number of ether oxygens (including phenoxy) is 1. The Morgan fingerprint density at radius 1 is 1.35 bits per heavy atom. The van der Waals surface area contributed by atoms with Crippen LogP contribution in [0.4, 0.5) is 0 Å². The van der Waals surface area contributed by atoms with E-state index in [4.69, 9.17) is 4.74 Å². The Labute approximate surface area is 104 Å². The number of hydrogen-bond acceptors (Lipinski definition) is 2. The van der Waals surface area contributed by atoms with E-state index in [-0.39, 0.29) is 0 Å². The van der Waals surface area contributed by atoms with Crippen molar-refractivity contribution < 1.29 is 9.84 Å². The molecule has 0 spiro atoms. The maximum Gasteiger partial charge on any atom is 0.120 e. The van der Waals surface area contributed by atoms with Crippen molar-refractivity contribution in [1.29, 1.82) is 0 Å². The quantitative estimate of drug-likeness (QED) is 0.624. The molecule has 0 aliphatic carbocycles. The highest BCUT2D eigenvalue weighted by Crippen LogP contribution is 2.11. The summed E-state index contributed by atoms with van der Waals surface area (Å²) in [6.07, 6.45) is 3.58. The summed E-state index contributed by atoms with van der Waals surface area (Å²) in [5.74, 6) is 6.61. The molecular weight excluding hydrogens is 212 g/mol. The van der Waals surface area contributed by atoms with Gasteiger partial charge in [-0.05, 0) is 31.0 Å². The Hall–Kier alpha value is -1.46. The molecule has 1 unspecified atom stereocenters. The summed E-state index contributed by atoms with van der Waals surface area (Å²) in [7, 11) is 1.63. The minimum absolute atomic E-state index is 0.521. The van der Waals surface area contributed by atoms with E-state index >= 15 is 0 Å². The summed E-state index contributed by atoms with van der Waals surface area (Å²) in [4.78, 5) is 0. The molecule has 0 bridgehead atoms. The molecule has 0 saturated carbocycles. The van der Waals surface area contributed by atoms with E-state index in [0.29, 0.717) is 0 Å². The molecule has 0 heterocycles. The largest absolute Gasteiger partial charge is 0.497 e. The normalized spacial score (nSPS) is 11.5. The van der Waals surface area contributed by atoms with Gasteiger partial charge in [-0.2, -0.15) is 0 Å². The second kappa shape index (κ2) is 7.76. The van der Waals surface area contributed by atoms with Gasteiger partial charge in [0.1, 0.15) is 11.9 Å². The average molecular weight is 232 g/mol. The van der Waals surface area contributed by atoms with Crippen molar-refractivity contribution in [2.24, 2.45) is 0 Å². The van der Waals surface area contributed by atoms with Gasteiger partial charge in [-0.1, -0.05) is 37.7 Å². The highest BCUT2D eigenvalue weighted by molar-refractivity contribution is 5.40. The van der Waals surface area contributed by atoms with Crippen LogP contribution in [0.1, 0.15) is 38.2 Å². The molecular formula is C15H20O2. The molecule has 0 saturated heterocycles. The average Bonchev–Trinajstić information content (AvgIpc) is 2.37. The van der Waals surface area contributed by atoms with Crippen LogP contribution in [-0.4, -0.2) is 18.3 Å². The topological polar surface area (TPSA) is 29.5 Å². The molecule has 0 aliphatic heterocycles. The van der Waals surface area contributed by atoms with Gasteiger partial charge in [-0.25, -0.2) is 0 Å². The van der Waals surface area contributed by atoms with E-state index in [1.807, 2.05) is 24.3 Å². The Kier molecular flexibility index (Phi) is 6.21. The van der Waals surface area contributed by atoms with Gasteiger partial charge in [0, 0.05) is 5.56 Å². The summed E-state index contributed by atoms with van der Waals surface area (Å²) in [6.45, 7) is 2.15. The van der Waals surface area contributed by atoms with Gasteiger partial charge in [0.25, 0.3) is 0 Å². The molecule has 0 aliphatic rings. The molecule has 0 fully saturated rings. The molecule has 0 amide bonds. The van der Waals surface area contributed by atoms with Crippen LogP contribution in [0, 0.1) is 11.8 Å². The van der Waals surface area contributed by atoms with Crippen LogP contribution < -0.4 is 4.74 Å². The zero-order chi connectivity index (χ0) is 12.5. The molecule has 1 aromatic carbocycles. The third-order valence-corrected chi connectivity index (χ3v) is 2.53. The van der Waals surface area contributed by atoms with Gasteiger partial charge in [0.05, 0.1) is 7.11 Å². The minimum atomic E-state index is -0.521. The van der Waals surface area contributed by atoms with Crippen molar-refractivity contribution in [2.75, 3.05) is 7.11 Å². The highest BCUT2D eigenvalue weighted by Gasteiger charge is 1.98. The zero-order valence-corrected chi connectivity index (χ0v) is 10.6. The number of methoxy groups -OCH3 is 1. The first-order valence-corrected chi connectivity index (χ1v) is 6.10. The van der Waals surface area contributed by atoms with Crippen molar-refractivity contribution in [2.45, 2.75) is 38.7 Å². The number of hydrogen-bond donors (Lipinski definition) is 1. The van der Waals surface area contributed by atoms with Gasteiger partial charge in [-0.3, -0.25) is 0 Å². The van der Waals surface area contributed by atoms with Crippen LogP contribution in [-0.2, 0) is 0 Å². The lowest BCUT2D eigenvalue weighted by molar-refractivity contribution is 0.217. The molecule has 1 atom stereocenters. The lowest BCUT2D eigenvalue weighted by atomic mass is 10.1. The standard InChI is InChI=1S/C15H20O2/c1-3-4-5-8-14(16)11-10-13-7-6-9-15(12-13)17-2/h6-7,9,12,14,16H,3-5,8H2,1-2H3. The zero-order valence-electron chi connectivity index (χ0n) is 10.6. The fourth-order valence-electron chi connectivity index (χ4n) is 1.53. The summed E-state index contributed by atoms with van der Waals surface area (Å²) in [5.41, 5.74) is 0.874. The summed E-state index contributed by atoms with van der Waals surface area (Å²) < 4.78 is 5.11. The molecule has 17 heavy (non-hydrogen) atoms. The number of aliphatic hydroxyl groups excluding tert-OH is 1. The van der Waals surface area contributed by atoms with Gasteiger partial charge in [0.2, 0.25) is 0 Å². The monoisotopic (exact) mass is 232 g/mol. The second-order valence-corrected chi connectivity index (χ2v) is 4.01. The Bertz CT molecular complexity index is 387. The summed E-state index contributed by atoms with van der Waals surface area (Å²) in [6, 6.07) is 7.55. The van der Waals surface area contributed by atoms with Gasteiger partial charge in [-0.15, -0.1) is 0 Å². The number of unbranched alkanes of at least 4 members (excludes halogenated alkanes) is 2. The Balaban J connectivity index is 2.51. The highest BCUT2D eigenvalue weighted by atomic mass is 16.5. The van der Waals surface area contributed by atoms with Crippen LogP contribution in [0.25, 0.3) is 0 Å². The fourth-order valence-corrected chi connectivity index (χ4v) is 1.53. The van der Waals surface area contributed by atoms with Gasteiger partial charge >= 0.3 is 0 Å². The van der Waals surface area contributed by atoms with E-state index in [1.54, 1.807) is 7.11 Å². The van der Waals surface area contributed by atoms with Crippen LogP contribution in [0.2, 0.25) is 0 Å². The first-order chi connectivity index (χ1) is 8.26. The molecule has 0 radical (unpaired) electrons. The Morgan fingerprint density at radius 3 is 2.88 bits per heavy atom. The number of aliphatic hydroxyl groups is 1. The van der Waals surface area contributed by atoms with Crippen molar-refractivity contribution in [3.63, 3.8) is 0 Å². The lowest BCUT2D eigenvalue weighted by Gasteiger charge is -2.01. The fraction of sp³-hybridized carbons (Fsp3) is 0.467. The van der Waals surface area contributed by atoms with E-state index < -0.39 is 6.10 Å². The third-order valence-electron chi connectivity index (χ3n) is 2.53. The molecule has 92 valence electrons. The molecule has 1 aromatic rings. The maximum absolute atomic E-state index is 9.66. The second-order valence-electron chi connectivity index (χ2n) is 4.01. The number of benzene rings is 1. The predicted molar refractivity (Wildman–Crippen MR) is 70.0 cm³/mol. The molecule has 2 nitrogen and oxygen atoms in total. The van der Waals surface area contributed by atoms with Crippen molar-refractivity contribution in [3.8, 4) is 17.6 Å². The molecule has 1 rings (SSSR count). The smallest absolute Gasteiger partial charge is 0.120 e. The Morgan fingerprint density at radius 2 is 2.18 bits per heavy atom. The lowest BCUT2D eigenvalue weighted by Crippen LogP contribution is -2.02. The summed E-state index contributed by atoms with van der Waals surface area (Å²) in [5, 5.41) is 9.66. The van der Waals surface area contributed by atoms with Crippen molar-refractivity contribution >= 4 is 0 Å². The third kappa shape index (κ3) is 5.42. The van der Waals surface area contributed by atoms with Crippen LogP contribution in [0.15, 0.2) is 24.3 Å². The minimum Gasteiger partial charge on any atom is -0.497 e. The summed E-state index contributed by atoms with van der Waals surface area (Å²) >= 11 is 0. The van der Waals surface area contributed by atoms with E-state index in [1.165, 1.54) is 0 Å². The van der Waals surface area contributed by atoms with Crippen molar-refractivity contribution in [1.82, 2.24) is 0 Å². The van der Waals surface area contributed by atoms with E-state index in [9.17, 15) is 5.11 Å². The molecule has 2 heteroatoms. The van der Waals surface area contributed by atoms with Gasteiger partial charge < -0.3 is 9.84 Å². The van der Waals surface area contributed by atoms with Crippen molar-refractivity contribution in [3.05, 3.63) is 29.8 Å². The van der Waals surface area contributed by atoms with Gasteiger partial charge in [0.15, 0.2) is 0 Å². The SMILES string of the molecule is CCCCCC(O)C#Cc1cccc(OC)c1. The maximum atomic E-state index is 9.66. The molecule has 0 aromatic heterocycles. The number of rotatable bonds is 5. The molecule has 1 N–H and O–H groups in total. The van der Waals surface area contributed by atoms with Crippen LogP contribution in [0.5, 0.6) is 5.75 Å². The van der Waals surface area contributed by atoms with E-state index in [2.05, 4.69) is 18.8 Å².